The number of carbonyl (C=O) groups is 1. The van der Waals surface area contributed by atoms with Crippen molar-refractivity contribution in [1.82, 2.24) is 4.90 Å². The van der Waals surface area contributed by atoms with Gasteiger partial charge in [0, 0.05) is 31.3 Å². The fourth-order valence-corrected chi connectivity index (χ4v) is 2.22. The lowest BCUT2D eigenvalue weighted by molar-refractivity contribution is 0.0321. The molecule has 20 heavy (non-hydrogen) atoms. The molecule has 2 rings (SSSR count). The third-order valence-electron chi connectivity index (χ3n) is 3.18. The molecule has 5 nitrogen and oxygen atoms in total. The number of halogens is 1. The van der Waals surface area contributed by atoms with Crippen LogP contribution in [0.5, 0.6) is 11.5 Å². The maximum atomic E-state index is 10.8. The quantitative estimate of drug-likeness (QED) is 0.751. The fraction of sp³-hybridized carbons (Fsp3) is 0.500. The van der Waals surface area contributed by atoms with E-state index >= 15 is 0 Å². The predicted molar refractivity (Wildman–Crippen MR) is 76.1 cm³/mol. The molecule has 0 aliphatic carbocycles. The van der Waals surface area contributed by atoms with E-state index in [0.717, 1.165) is 32.8 Å². The third-order valence-corrected chi connectivity index (χ3v) is 3.51. The second-order valence-electron chi connectivity index (χ2n) is 4.44. The summed E-state index contributed by atoms with van der Waals surface area (Å²) in [6.07, 6.45) is 0.697. The summed E-state index contributed by atoms with van der Waals surface area (Å²) >= 11 is 5.99. The second kappa shape index (κ2) is 7.47. The van der Waals surface area contributed by atoms with Crippen LogP contribution < -0.4 is 9.47 Å². The summed E-state index contributed by atoms with van der Waals surface area (Å²) in [5.41, 5.74) is 0.393. The van der Waals surface area contributed by atoms with Crippen LogP contribution in [0, 0.1) is 0 Å². The first-order valence-corrected chi connectivity index (χ1v) is 6.88. The molecule has 0 aromatic heterocycles. The van der Waals surface area contributed by atoms with E-state index in [9.17, 15) is 4.79 Å². The van der Waals surface area contributed by atoms with Gasteiger partial charge in [0.2, 0.25) is 0 Å². The van der Waals surface area contributed by atoms with Crippen molar-refractivity contribution in [2.75, 3.05) is 46.6 Å². The minimum Gasteiger partial charge on any atom is -0.493 e. The average molecular weight is 300 g/mol. The Morgan fingerprint density at radius 2 is 2.10 bits per heavy atom. The number of hydrogen-bond donors (Lipinski definition) is 0. The molecule has 1 saturated heterocycles. The van der Waals surface area contributed by atoms with E-state index in [4.69, 9.17) is 25.8 Å². The van der Waals surface area contributed by atoms with E-state index in [1.165, 1.54) is 7.11 Å². The lowest BCUT2D eigenvalue weighted by atomic mass is 10.2. The van der Waals surface area contributed by atoms with Crippen molar-refractivity contribution in [3.63, 3.8) is 0 Å². The first-order chi connectivity index (χ1) is 9.74. The first-order valence-electron chi connectivity index (χ1n) is 6.50. The van der Waals surface area contributed by atoms with Gasteiger partial charge >= 0.3 is 0 Å². The summed E-state index contributed by atoms with van der Waals surface area (Å²) in [6.45, 7) is 4.73. The molecule has 0 amide bonds. The minimum absolute atomic E-state index is 0.363. The SMILES string of the molecule is COc1cc(C=O)c(Cl)cc1OCCN1CCOCC1. The van der Waals surface area contributed by atoms with E-state index in [-0.39, 0.29) is 0 Å². The van der Waals surface area contributed by atoms with Gasteiger partial charge in [-0.15, -0.1) is 0 Å². The van der Waals surface area contributed by atoms with E-state index in [1.54, 1.807) is 12.1 Å². The number of ether oxygens (including phenoxy) is 3. The normalized spacial score (nSPS) is 15.9. The smallest absolute Gasteiger partial charge is 0.162 e. The molecular weight excluding hydrogens is 282 g/mol. The zero-order chi connectivity index (χ0) is 14.4. The maximum absolute atomic E-state index is 10.8. The topological polar surface area (TPSA) is 48.0 Å². The highest BCUT2D eigenvalue weighted by molar-refractivity contribution is 6.33. The zero-order valence-electron chi connectivity index (χ0n) is 11.4. The largest absolute Gasteiger partial charge is 0.493 e. The maximum Gasteiger partial charge on any atom is 0.162 e. The number of hydrogen-bond acceptors (Lipinski definition) is 5. The van der Waals surface area contributed by atoms with Crippen LogP contribution in [0.4, 0.5) is 0 Å². The van der Waals surface area contributed by atoms with Crippen LogP contribution in [0.15, 0.2) is 12.1 Å². The molecule has 0 spiro atoms. The van der Waals surface area contributed by atoms with Crippen molar-refractivity contribution in [1.29, 1.82) is 0 Å². The van der Waals surface area contributed by atoms with Gasteiger partial charge in [-0.1, -0.05) is 11.6 Å². The zero-order valence-corrected chi connectivity index (χ0v) is 12.2. The second-order valence-corrected chi connectivity index (χ2v) is 4.85. The average Bonchev–Trinajstić information content (AvgIpc) is 2.48. The van der Waals surface area contributed by atoms with Gasteiger partial charge in [-0.2, -0.15) is 0 Å². The molecular formula is C14H18ClNO4. The summed E-state index contributed by atoms with van der Waals surface area (Å²) in [5, 5.41) is 0.363. The Labute approximate surface area is 123 Å². The number of rotatable bonds is 6. The molecule has 1 aliphatic rings. The van der Waals surface area contributed by atoms with Crippen LogP contribution in [0.25, 0.3) is 0 Å². The van der Waals surface area contributed by atoms with Crippen molar-refractivity contribution in [3.8, 4) is 11.5 Å². The standard InChI is InChI=1S/C14H18ClNO4/c1-18-13-8-11(10-17)12(15)9-14(13)20-7-4-16-2-5-19-6-3-16/h8-10H,2-7H2,1H3. The Morgan fingerprint density at radius 3 is 2.75 bits per heavy atom. The molecule has 0 bridgehead atoms. The molecule has 1 fully saturated rings. The molecule has 0 radical (unpaired) electrons. The highest BCUT2D eigenvalue weighted by Gasteiger charge is 2.12. The molecule has 0 saturated carbocycles. The molecule has 1 aromatic rings. The lowest BCUT2D eigenvalue weighted by Crippen LogP contribution is -2.38. The Bertz CT molecular complexity index is 461. The number of methoxy groups -OCH3 is 1. The van der Waals surface area contributed by atoms with Gasteiger partial charge < -0.3 is 14.2 Å². The number of carbonyl (C=O) groups excluding carboxylic acids is 1. The Morgan fingerprint density at radius 1 is 1.35 bits per heavy atom. The van der Waals surface area contributed by atoms with Crippen molar-refractivity contribution in [2.45, 2.75) is 0 Å². The van der Waals surface area contributed by atoms with Crippen molar-refractivity contribution >= 4 is 17.9 Å². The number of aldehydes is 1. The molecule has 0 atom stereocenters. The van der Waals surface area contributed by atoms with Crippen LogP contribution in [0.3, 0.4) is 0 Å². The molecule has 1 aromatic carbocycles. The van der Waals surface area contributed by atoms with Gasteiger partial charge in [0.1, 0.15) is 6.61 Å². The molecule has 1 heterocycles. The molecule has 0 unspecified atom stereocenters. The summed E-state index contributed by atoms with van der Waals surface area (Å²) in [4.78, 5) is 13.1. The number of benzene rings is 1. The minimum atomic E-state index is 0.363. The summed E-state index contributed by atoms with van der Waals surface area (Å²) in [6, 6.07) is 3.20. The van der Waals surface area contributed by atoms with Crippen molar-refractivity contribution in [3.05, 3.63) is 22.7 Å². The van der Waals surface area contributed by atoms with Crippen LogP contribution in [0.2, 0.25) is 5.02 Å². The third kappa shape index (κ3) is 3.85. The van der Waals surface area contributed by atoms with Gasteiger partial charge in [0.05, 0.1) is 25.3 Å². The van der Waals surface area contributed by atoms with E-state index < -0.39 is 0 Å². The number of nitrogens with zero attached hydrogens (tertiary/aromatic N) is 1. The Hall–Kier alpha value is -1.30. The van der Waals surface area contributed by atoms with E-state index in [2.05, 4.69) is 4.90 Å². The summed E-state index contributed by atoms with van der Waals surface area (Å²) in [5.74, 6) is 1.06. The first kappa shape index (κ1) is 15.1. The van der Waals surface area contributed by atoms with Gasteiger partial charge in [0.25, 0.3) is 0 Å². The fourth-order valence-electron chi connectivity index (χ4n) is 2.02. The highest BCUT2D eigenvalue weighted by Crippen LogP contribution is 2.32. The van der Waals surface area contributed by atoms with Gasteiger partial charge in [-0.25, -0.2) is 0 Å². The van der Waals surface area contributed by atoms with Crippen LogP contribution in [-0.2, 0) is 4.74 Å². The van der Waals surface area contributed by atoms with E-state index in [0.29, 0.717) is 35.0 Å². The van der Waals surface area contributed by atoms with Gasteiger partial charge in [0.15, 0.2) is 17.8 Å². The van der Waals surface area contributed by atoms with E-state index in [1.807, 2.05) is 0 Å². The Balaban J connectivity index is 1.94. The summed E-state index contributed by atoms with van der Waals surface area (Å²) < 4.78 is 16.2. The number of morpholine rings is 1. The lowest BCUT2D eigenvalue weighted by Gasteiger charge is -2.26. The van der Waals surface area contributed by atoms with Crippen molar-refractivity contribution < 1.29 is 19.0 Å². The van der Waals surface area contributed by atoms with Crippen LogP contribution in [0.1, 0.15) is 10.4 Å². The van der Waals surface area contributed by atoms with Crippen molar-refractivity contribution in [2.24, 2.45) is 0 Å². The predicted octanol–water partition coefficient (Wildman–Crippen LogP) is 1.87. The molecule has 0 N–H and O–H groups in total. The molecule has 110 valence electrons. The van der Waals surface area contributed by atoms with Crippen LogP contribution >= 0.6 is 11.6 Å². The molecule has 1 aliphatic heterocycles. The van der Waals surface area contributed by atoms with Gasteiger partial charge in [-0.3, -0.25) is 9.69 Å². The van der Waals surface area contributed by atoms with Crippen LogP contribution in [-0.4, -0.2) is 57.8 Å². The Kier molecular flexibility index (Phi) is 5.64. The highest BCUT2D eigenvalue weighted by atomic mass is 35.5. The summed E-state index contributed by atoms with van der Waals surface area (Å²) in [7, 11) is 1.53. The monoisotopic (exact) mass is 299 g/mol. The molecule has 6 heteroatoms. The van der Waals surface area contributed by atoms with Gasteiger partial charge in [-0.05, 0) is 6.07 Å².